The van der Waals surface area contributed by atoms with Gasteiger partial charge in [-0.1, -0.05) is 61.5 Å². The Hall–Kier alpha value is 0.01000. The summed E-state index contributed by atoms with van der Waals surface area (Å²) < 4.78 is 1.18. The van der Waals surface area contributed by atoms with E-state index in [2.05, 4.69) is 59.4 Å². The molecule has 1 saturated carbocycles. The van der Waals surface area contributed by atoms with Crippen molar-refractivity contribution >= 4 is 27.7 Å². The van der Waals surface area contributed by atoms with Crippen LogP contribution in [0.4, 0.5) is 0 Å². The van der Waals surface area contributed by atoms with Gasteiger partial charge in [0, 0.05) is 21.2 Å². The van der Waals surface area contributed by atoms with Gasteiger partial charge in [0.1, 0.15) is 0 Å². The van der Waals surface area contributed by atoms with E-state index < -0.39 is 0 Å². The fourth-order valence-electron chi connectivity index (χ4n) is 3.61. The van der Waals surface area contributed by atoms with Gasteiger partial charge in [0.05, 0.1) is 0 Å². The third-order valence-corrected chi connectivity index (χ3v) is 6.31. The summed E-state index contributed by atoms with van der Waals surface area (Å²) >= 11 is 5.56. The van der Waals surface area contributed by atoms with E-state index in [0.717, 1.165) is 18.4 Å². The Balaban J connectivity index is 1.97. The number of nitrogens with one attached hydrogen (secondary N) is 1. The van der Waals surface area contributed by atoms with Gasteiger partial charge < -0.3 is 5.32 Å². The molecule has 1 fully saturated rings. The summed E-state index contributed by atoms with van der Waals surface area (Å²) in [7, 11) is 0. The molecule has 0 radical (unpaired) electrons. The average Bonchev–Trinajstić information content (AvgIpc) is 2.51. The highest BCUT2D eigenvalue weighted by molar-refractivity contribution is 9.10. The van der Waals surface area contributed by atoms with Crippen molar-refractivity contribution in [3.8, 4) is 0 Å². The Kier molecular flexibility index (Phi) is 7.62. The first-order valence-electron chi connectivity index (χ1n) is 8.36. The minimum Gasteiger partial charge on any atom is -0.313 e. The molecule has 0 amide bonds. The summed E-state index contributed by atoms with van der Waals surface area (Å²) in [5.74, 6) is 2.97. The van der Waals surface area contributed by atoms with Crippen molar-refractivity contribution in [3.05, 3.63) is 28.7 Å². The van der Waals surface area contributed by atoms with Crippen molar-refractivity contribution in [2.24, 2.45) is 11.8 Å². The summed E-state index contributed by atoms with van der Waals surface area (Å²) in [4.78, 5) is 1.37. The van der Waals surface area contributed by atoms with Crippen LogP contribution in [0, 0.1) is 11.8 Å². The smallest absolute Gasteiger partial charge is 0.0192 e. The second-order valence-corrected chi connectivity index (χ2v) is 8.06. The molecule has 3 heteroatoms. The van der Waals surface area contributed by atoms with E-state index >= 15 is 0 Å². The molecule has 0 bridgehead atoms. The summed E-state index contributed by atoms with van der Waals surface area (Å²) in [6.45, 7) is 5.69. The minimum atomic E-state index is 0.657. The van der Waals surface area contributed by atoms with Crippen molar-refractivity contribution in [1.29, 1.82) is 0 Å². The van der Waals surface area contributed by atoms with Crippen molar-refractivity contribution < 1.29 is 0 Å². The Morgan fingerprint density at radius 1 is 1.29 bits per heavy atom. The number of hydrogen-bond donors (Lipinski definition) is 1. The lowest BCUT2D eigenvalue weighted by Crippen LogP contribution is -2.42. The molecule has 0 heterocycles. The van der Waals surface area contributed by atoms with Crippen LogP contribution in [0.2, 0.25) is 0 Å². The summed E-state index contributed by atoms with van der Waals surface area (Å²) in [5.41, 5.74) is 0. The first kappa shape index (κ1) is 17.4. The number of thioether (sulfide) groups is 1. The topological polar surface area (TPSA) is 12.0 Å². The van der Waals surface area contributed by atoms with Gasteiger partial charge in [0.25, 0.3) is 0 Å². The molecule has 118 valence electrons. The molecule has 1 N–H and O–H groups in total. The number of hydrogen-bond acceptors (Lipinski definition) is 2. The molecular weight excluding hydrogens is 342 g/mol. The maximum atomic E-state index is 3.77. The lowest BCUT2D eigenvalue weighted by atomic mass is 9.74. The molecule has 2 rings (SSSR count). The average molecular weight is 370 g/mol. The number of halogens is 1. The fraction of sp³-hybridized carbons (Fsp3) is 0.667. The first-order valence-corrected chi connectivity index (χ1v) is 10.1. The maximum absolute atomic E-state index is 3.77. The zero-order valence-corrected chi connectivity index (χ0v) is 15.7. The van der Waals surface area contributed by atoms with Gasteiger partial charge in [-0.05, 0) is 43.0 Å². The van der Waals surface area contributed by atoms with Crippen molar-refractivity contribution in [2.45, 2.75) is 56.9 Å². The van der Waals surface area contributed by atoms with Gasteiger partial charge in [0.2, 0.25) is 0 Å². The van der Waals surface area contributed by atoms with Crippen molar-refractivity contribution in [1.82, 2.24) is 5.32 Å². The summed E-state index contributed by atoms with van der Waals surface area (Å²) in [6, 6.07) is 9.33. The van der Waals surface area contributed by atoms with Crippen LogP contribution in [0.15, 0.2) is 33.6 Å². The lowest BCUT2D eigenvalue weighted by Gasteiger charge is -2.37. The fourth-order valence-corrected chi connectivity index (χ4v) is 5.28. The molecule has 0 aromatic heterocycles. The molecule has 3 unspecified atom stereocenters. The second kappa shape index (κ2) is 9.22. The van der Waals surface area contributed by atoms with Crippen LogP contribution in [0.25, 0.3) is 0 Å². The Labute approximate surface area is 142 Å². The molecule has 1 nitrogen and oxygen atoms in total. The van der Waals surface area contributed by atoms with E-state index in [0.29, 0.717) is 6.04 Å². The van der Waals surface area contributed by atoms with Crippen LogP contribution in [0.3, 0.4) is 0 Å². The predicted octanol–water partition coefficient (Wildman–Crippen LogP) is 5.74. The third-order valence-electron chi connectivity index (χ3n) is 4.70. The van der Waals surface area contributed by atoms with Crippen molar-refractivity contribution in [3.63, 3.8) is 0 Å². The Morgan fingerprint density at radius 3 is 2.81 bits per heavy atom. The molecule has 1 aromatic rings. The van der Waals surface area contributed by atoms with E-state index in [1.165, 1.54) is 47.2 Å². The van der Waals surface area contributed by atoms with Crippen LogP contribution in [-0.4, -0.2) is 18.3 Å². The van der Waals surface area contributed by atoms with Gasteiger partial charge >= 0.3 is 0 Å². The number of rotatable bonds is 7. The lowest BCUT2D eigenvalue weighted by molar-refractivity contribution is 0.186. The quantitative estimate of drug-likeness (QED) is 0.615. The van der Waals surface area contributed by atoms with Crippen LogP contribution in [0.5, 0.6) is 0 Å². The third kappa shape index (κ3) is 5.30. The van der Waals surface area contributed by atoms with Gasteiger partial charge in [-0.25, -0.2) is 0 Å². The van der Waals surface area contributed by atoms with Crippen LogP contribution in [0.1, 0.15) is 46.0 Å². The molecular formula is C18H28BrNS. The van der Waals surface area contributed by atoms with E-state index in [-0.39, 0.29) is 0 Å². The molecule has 1 aromatic carbocycles. The van der Waals surface area contributed by atoms with E-state index in [9.17, 15) is 0 Å². The summed E-state index contributed by atoms with van der Waals surface area (Å²) in [6.07, 6.45) is 7.05. The predicted molar refractivity (Wildman–Crippen MR) is 98.1 cm³/mol. The molecule has 0 spiro atoms. The highest BCUT2D eigenvalue weighted by Crippen LogP contribution is 2.36. The molecule has 1 aliphatic rings. The van der Waals surface area contributed by atoms with Gasteiger partial charge in [-0.3, -0.25) is 0 Å². The second-order valence-electron chi connectivity index (χ2n) is 6.05. The van der Waals surface area contributed by atoms with Crippen molar-refractivity contribution in [2.75, 3.05) is 12.3 Å². The van der Waals surface area contributed by atoms with Gasteiger partial charge in [-0.2, -0.15) is 0 Å². The van der Waals surface area contributed by atoms with E-state index in [1.807, 2.05) is 11.8 Å². The molecule has 21 heavy (non-hydrogen) atoms. The van der Waals surface area contributed by atoms with E-state index in [1.54, 1.807) is 0 Å². The highest BCUT2D eigenvalue weighted by atomic mass is 79.9. The van der Waals surface area contributed by atoms with Gasteiger partial charge in [-0.15, -0.1) is 11.8 Å². The van der Waals surface area contributed by atoms with Crippen LogP contribution >= 0.6 is 27.7 Å². The molecule has 0 aliphatic heterocycles. The Morgan fingerprint density at radius 2 is 2.10 bits per heavy atom. The molecule has 3 atom stereocenters. The normalized spacial score (nSPS) is 24.0. The SMILES string of the molecule is CCNC(CSc1cccc(Br)c1)C1CCCCC1CC. The maximum Gasteiger partial charge on any atom is 0.0192 e. The number of benzene rings is 1. The standard InChI is InChI=1S/C18H28BrNS/c1-3-14-8-5-6-11-17(14)18(20-4-2)13-21-16-10-7-9-15(19)12-16/h7,9-10,12,14,17-18,20H,3-6,8,11,13H2,1-2H3. The Bertz CT molecular complexity index is 423. The zero-order valence-electron chi connectivity index (χ0n) is 13.3. The minimum absolute atomic E-state index is 0.657. The summed E-state index contributed by atoms with van der Waals surface area (Å²) in [5, 5.41) is 3.77. The van der Waals surface area contributed by atoms with Crippen LogP contribution in [-0.2, 0) is 0 Å². The monoisotopic (exact) mass is 369 g/mol. The largest absolute Gasteiger partial charge is 0.313 e. The molecule has 1 aliphatic carbocycles. The first-order chi connectivity index (χ1) is 10.2. The van der Waals surface area contributed by atoms with Crippen LogP contribution < -0.4 is 5.32 Å². The molecule has 0 saturated heterocycles. The van der Waals surface area contributed by atoms with E-state index in [4.69, 9.17) is 0 Å². The zero-order chi connectivity index (χ0) is 15.1. The highest BCUT2D eigenvalue weighted by Gasteiger charge is 2.30. The van der Waals surface area contributed by atoms with Gasteiger partial charge in [0.15, 0.2) is 0 Å².